The predicted octanol–water partition coefficient (Wildman–Crippen LogP) is 2.94. The standard InChI is InChI=1S/C20H24Cl2N4O6S/c1-3-30-11-7-31-20(32-8-11)9-26(19-23-6-12(33-19)18(28)29)5-4-13(20)25-17(27)16-15(22)14(21)10(2)24-16/h6,11,13,24H,3-5,7-9H2,1-2H3,(H,25,27)(H,28,29)/t11?,13-,20?/m1/s1. The van der Waals surface area contributed by atoms with Gasteiger partial charge in [0.1, 0.15) is 16.7 Å². The van der Waals surface area contributed by atoms with Crippen molar-refractivity contribution in [3.05, 3.63) is 32.5 Å². The van der Waals surface area contributed by atoms with E-state index in [0.29, 0.717) is 48.6 Å². The van der Waals surface area contributed by atoms with Crippen molar-refractivity contribution in [2.75, 3.05) is 37.8 Å². The molecule has 33 heavy (non-hydrogen) atoms. The van der Waals surface area contributed by atoms with E-state index < -0.39 is 23.7 Å². The van der Waals surface area contributed by atoms with Crippen molar-refractivity contribution in [2.24, 2.45) is 0 Å². The third-order valence-electron chi connectivity index (χ3n) is 5.62. The number of halogens is 2. The molecular weight excluding hydrogens is 495 g/mol. The number of carboxylic acids is 1. The van der Waals surface area contributed by atoms with Crippen molar-refractivity contribution in [2.45, 2.75) is 38.2 Å². The van der Waals surface area contributed by atoms with E-state index >= 15 is 0 Å². The minimum absolute atomic E-state index is 0.144. The maximum atomic E-state index is 13.0. The molecule has 2 fully saturated rings. The molecule has 2 aliphatic rings. The molecule has 4 heterocycles. The Morgan fingerprint density at radius 2 is 2.12 bits per heavy atom. The summed E-state index contributed by atoms with van der Waals surface area (Å²) in [6.07, 6.45) is 1.58. The number of ether oxygens (including phenoxy) is 3. The fourth-order valence-corrected chi connectivity index (χ4v) is 5.15. The Balaban J connectivity index is 1.56. The van der Waals surface area contributed by atoms with E-state index in [1.54, 1.807) is 6.92 Å². The maximum Gasteiger partial charge on any atom is 0.347 e. The van der Waals surface area contributed by atoms with E-state index in [1.807, 2.05) is 11.8 Å². The first kappa shape index (κ1) is 24.2. The van der Waals surface area contributed by atoms with Crippen molar-refractivity contribution in [3.8, 4) is 0 Å². The highest BCUT2D eigenvalue weighted by molar-refractivity contribution is 7.17. The van der Waals surface area contributed by atoms with Gasteiger partial charge in [0.15, 0.2) is 5.13 Å². The van der Waals surface area contributed by atoms with Gasteiger partial charge in [-0.15, -0.1) is 0 Å². The van der Waals surface area contributed by atoms with Gasteiger partial charge in [0.2, 0.25) is 5.79 Å². The van der Waals surface area contributed by atoms with Gasteiger partial charge in [-0.2, -0.15) is 0 Å². The molecule has 10 nitrogen and oxygen atoms in total. The minimum atomic E-state index is -1.17. The van der Waals surface area contributed by atoms with Crippen LogP contribution >= 0.6 is 34.5 Å². The molecule has 1 atom stereocenters. The first-order chi connectivity index (χ1) is 15.7. The highest BCUT2D eigenvalue weighted by Crippen LogP contribution is 2.35. The minimum Gasteiger partial charge on any atom is -0.477 e. The molecule has 2 aromatic rings. The second kappa shape index (κ2) is 9.77. The van der Waals surface area contributed by atoms with Crippen LogP contribution in [0.25, 0.3) is 0 Å². The molecular formula is C20H24Cl2N4O6S. The predicted molar refractivity (Wildman–Crippen MR) is 123 cm³/mol. The summed E-state index contributed by atoms with van der Waals surface area (Å²) in [6.45, 7) is 5.50. The van der Waals surface area contributed by atoms with Crippen molar-refractivity contribution >= 4 is 51.5 Å². The second-order valence-electron chi connectivity index (χ2n) is 7.81. The number of carbonyl (C=O) groups is 2. The average molecular weight is 519 g/mol. The second-order valence-corrected chi connectivity index (χ2v) is 9.58. The highest BCUT2D eigenvalue weighted by Gasteiger charge is 2.50. The Kier molecular flexibility index (Phi) is 7.18. The first-order valence-corrected chi connectivity index (χ1v) is 12.0. The van der Waals surface area contributed by atoms with Crippen LogP contribution in [0.1, 0.15) is 39.2 Å². The fraction of sp³-hybridized carbons (Fsp3) is 0.550. The molecule has 180 valence electrons. The molecule has 2 aromatic heterocycles. The summed E-state index contributed by atoms with van der Waals surface area (Å²) >= 11 is 13.4. The van der Waals surface area contributed by atoms with Crippen LogP contribution in [0.3, 0.4) is 0 Å². The molecule has 13 heteroatoms. The summed E-state index contributed by atoms with van der Waals surface area (Å²) in [5.41, 5.74) is 0.768. The summed E-state index contributed by atoms with van der Waals surface area (Å²) < 4.78 is 18.0. The van der Waals surface area contributed by atoms with E-state index in [2.05, 4.69) is 15.3 Å². The SMILES string of the molecule is CCOC1COC2(CN(c3ncc(C(=O)O)s3)CC[C@H]2NC(=O)c2[nH]c(C)c(Cl)c2Cl)OC1. The van der Waals surface area contributed by atoms with Crippen LogP contribution in [0.15, 0.2) is 6.20 Å². The Bertz CT molecular complexity index is 1040. The summed E-state index contributed by atoms with van der Waals surface area (Å²) in [5, 5.41) is 13.2. The number of aryl methyl sites for hydroxylation is 1. The number of thiazole rings is 1. The monoisotopic (exact) mass is 518 g/mol. The molecule has 0 saturated carbocycles. The summed E-state index contributed by atoms with van der Waals surface area (Å²) in [4.78, 5) is 33.5. The van der Waals surface area contributed by atoms with Gasteiger partial charge in [-0.25, -0.2) is 9.78 Å². The van der Waals surface area contributed by atoms with E-state index in [9.17, 15) is 14.7 Å². The number of piperidine rings is 1. The quantitative estimate of drug-likeness (QED) is 0.532. The lowest BCUT2D eigenvalue weighted by Gasteiger charge is -2.50. The Morgan fingerprint density at radius 1 is 1.39 bits per heavy atom. The maximum absolute atomic E-state index is 13.0. The van der Waals surface area contributed by atoms with Crippen LogP contribution in [-0.4, -0.2) is 77.8 Å². The van der Waals surface area contributed by atoms with Crippen molar-refractivity contribution in [1.29, 1.82) is 0 Å². The molecule has 2 saturated heterocycles. The zero-order chi connectivity index (χ0) is 23.8. The number of aromatic nitrogens is 2. The number of nitrogens with one attached hydrogen (secondary N) is 2. The molecule has 0 aliphatic carbocycles. The molecule has 4 rings (SSSR count). The zero-order valence-corrected chi connectivity index (χ0v) is 20.4. The largest absolute Gasteiger partial charge is 0.477 e. The molecule has 0 bridgehead atoms. The first-order valence-electron chi connectivity index (χ1n) is 10.4. The van der Waals surface area contributed by atoms with E-state index in [4.69, 9.17) is 37.4 Å². The lowest BCUT2D eigenvalue weighted by Crippen LogP contribution is -2.68. The van der Waals surface area contributed by atoms with Gasteiger partial charge < -0.3 is 34.5 Å². The highest BCUT2D eigenvalue weighted by atomic mass is 35.5. The molecule has 0 radical (unpaired) electrons. The molecule has 0 unspecified atom stereocenters. The van der Waals surface area contributed by atoms with Gasteiger partial charge in [0.05, 0.1) is 42.0 Å². The van der Waals surface area contributed by atoms with Crippen molar-refractivity contribution < 1.29 is 28.9 Å². The molecule has 3 N–H and O–H groups in total. The third kappa shape index (κ3) is 4.84. The number of anilines is 1. The van der Waals surface area contributed by atoms with Gasteiger partial charge in [-0.05, 0) is 20.3 Å². The van der Waals surface area contributed by atoms with Gasteiger partial charge in [0, 0.05) is 18.8 Å². The van der Waals surface area contributed by atoms with E-state index in [1.165, 1.54) is 6.20 Å². The van der Waals surface area contributed by atoms with Crippen LogP contribution in [0.2, 0.25) is 10.0 Å². The molecule has 0 aromatic carbocycles. The van der Waals surface area contributed by atoms with Gasteiger partial charge in [-0.3, -0.25) is 4.79 Å². The number of H-pyrrole nitrogens is 1. The zero-order valence-electron chi connectivity index (χ0n) is 18.0. The van der Waals surface area contributed by atoms with E-state index in [-0.39, 0.29) is 28.2 Å². The summed E-state index contributed by atoms with van der Waals surface area (Å²) in [6, 6.07) is -0.499. The third-order valence-corrected chi connectivity index (χ3v) is 7.61. The van der Waals surface area contributed by atoms with Crippen molar-refractivity contribution in [1.82, 2.24) is 15.3 Å². The number of aromatic carboxylic acids is 1. The average Bonchev–Trinajstić information content (AvgIpc) is 3.39. The smallest absolute Gasteiger partial charge is 0.347 e. The molecule has 1 spiro atoms. The number of nitrogens with zero attached hydrogens (tertiary/aromatic N) is 2. The van der Waals surface area contributed by atoms with Crippen LogP contribution in [-0.2, 0) is 14.2 Å². The van der Waals surface area contributed by atoms with Crippen LogP contribution < -0.4 is 10.2 Å². The van der Waals surface area contributed by atoms with Gasteiger partial charge in [-0.1, -0.05) is 34.5 Å². The number of carbonyl (C=O) groups excluding carboxylic acids is 1. The number of amides is 1. The lowest BCUT2D eigenvalue weighted by atomic mass is 9.96. The topological polar surface area (TPSA) is 126 Å². The van der Waals surface area contributed by atoms with E-state index in [0.717, 1.165) is 11.3 Å². The molecule has 1 amide bonds. The Morgan fingerprint density at radius 3 is 2.70 bits per heavy atom. The number of carboxylic acid groups (broad SMARTS) is 1. The number of rotatable bonds is 6. The number of aromatic amines is 1. The van der Waals surface area contributed by atoms with Crippen LogP contribution in [0.4, 0.5) is 5.13 Å². The summed E-state index contributed by atoms with van der Waals surface area (Å²) in [5.74, 6) is -2.62. The van der Waals surface area contributed by atoms with Crippen molar-refractivity contribution in [3.63, 3.8) is 0 Å². The Hall–Kier alpha value is -1.89. The van der Waals surface area contributed by atoms with Crippen LogP contribution in [0.5, 0.6) is 0 Å². The van der Waals surface area contributed by atoms with Gasteiger partial charge in [0.25, 0.3) is 5.91 Å². The number of hydrogen-bond acceptors (Lipinski definition) is 8. The van der Waals surface area contributed by atoms with Crippen LogP contribution in [0, 0.1) is 6.92 Å². The van der Waals surface area contributed by atoms with Gasteiger partial charge >= 0.3 is 5.97 Å². The lowest BCUT2D eigenvalue weighted by molar-refractivity contribution is -0.307. The fourth-order valence-electron chi connectivity index (χ4n) is 3.96. The molecule has 2 aliphatic heterocycles. The normalized spacial score (nSPS) is 25.4. The number of hydrogen-bond donors (Lipinski definition) is 3. The summed E-state index contributed by atoms with van der Waals surface area (Å²) in [7, 11) is 0. The Labute approximate surface area is 204 Å².